The van der Waals surface area contributed by atoms with Crippen LogP contribution in [0.4, 0.5) is 5.69 Å². The Morgan fingerprint density at radius 1 is 1.08 bits per heavy atom. The summed E-state index contributed by atoms with van der Waals surface area (Å²) < 4.78 is 27.9. The smallest absolute Gasteiger partial charge is 0.261 e. The minimum atomic E-state index is -3.77. The largest absolute Gasteiger partial charge is 0.352 e. The van der Waals surface area contributed by atoms with Gasteiger partial charge in [-0.25, -0.2) is 8.42 Å². The van der Waals surface area contributed by atoms with Crippen molar-refractivity contribution in [3.05, 3.63) is 59.2 Å². The third-order valence-corrected chi connectivity index (χ3v) is 5.29. The number of carbonyl (C=O) groups excluding carboxylic acids is 1. The standard InChI is InChI=1S/C19H24N2O3S/c1-13(2)12-20-19(22)16-8-6-9-17(11-16)25(23,24)21-18-10-5-7-14(3)15(18)4/h5-11,13,21H,12H2,1-4H3,(H,20,22). The van der Waals surface area contributed by atoms with E-state index in [9.17, 15) is 13.2 Å². The first kappa shape index (κ1) is 19.0. The summed E-state index contributed by atoms with van der Waals surface area (Å²) in [6.07, 6.45) is 0. The molecule has 0 unspecified atom stereocenters. The lowest BCUT2D eigenvalue weighted by Crippen LogP contribution is -2.27. The third kappa shape index (κ3) is 4.82. The highest BCUT2D eigenvalue weighted by Crippen LogP contribution is 2.22. The Morgan fingerprint density at radius 3 is 2.44 bits per heavy atom. The fraction of sp³-hybridized carbons (Fsp3) is 0.316. The highest BCUT2D eigenvalue weighted by molar-refractivity contribution is 7.92. The van der Waals surface area contributed by atoms with Crippen LogP contribution in [0, 0.1) is 19.8 Å². The molecular weight excluding hydrogens is 336 g/mol. The topological polar surface area (TPSA) is 75.3 Å². The van der Waals surface area contributed by atoms with E-state index in [4.69, 9.17) is 0 Å². The van der Waals surface area contributed by atoms with Gasteiger partial charge in [-0.2, -0.15) is 0 Å². The lowest BCUT2D eigenvalue weighted by Gasteiger charge is -2.13. The average Bonchev–Trinajstić information content (AvgIpc) is 2.57. The molecule has 134 valence electrons. The van der Waals surface area contributed by atoms with E-state index in [-0.39, 0.29) is 10.8 Å². The molecule has 0 heterocycles. The van der Waals surface area contributed by atoms with Gasteiger partial charge in [0, 0.05) is 12.1 Å². The zero-order valence-corrected chi connectivity index (χ0v) is 15.8. The van der Waals surface area contributed by atoms with Gasteiger partial charge >= 0.3 is 0 Å². The number of aryl methyl sites for hydroxylation is 1. The van der Waals surface area contributed by atoms with E-state index in [0.29, 0.717) is 23.7 Å². The van der Waals surface area contributed by atoms with Gasteiger partial charge in [0.1, 0.15) is 0 Å². The van der Waals surface area contributed by atoms with Crippen molar-refractivity contribution in [1.29, 1.82) is 0 Å². The zero-order valence-electron chi connectivity index (χ0n) is 15.0. The zero-order chi connectivity index (χ0) is 18.6. The molecule has 0 radical (unpaired) electrons. The first-order chi connectivity index (χ1) is 11.7. The van der Waals surface area contributed by atoms with E-state index in [0.717, 1.165) is 11.1 Å². The van der Waals surface area contributed by atoms with E-state index in [2.05, 4.69) is 10.0 Å². The summed E-state index contributed by atoms with van der Waals surface area (Å²) in [6, 6.07) is 11.5. The van der Waals surface area contributed by atoms with Crippen LogP contribution in [0.3, 0.4) is 0 Å². The fourth-order valence-electron chi connectivity index (χ4n) is 2.27. The number of anilines is 1. The SMILES string of the molecule is Cc1cccc(NS(=O)(=O)c2cccc(C(=O)NCC(C)C)c2)c1C. The second-order valence-corrected chi connectivity index (χ2v) is 8.17. The first-order valence-corrected chi connectivity index (χ1v) is 9.66. The molecule has 0 bridgehead atoms. The minimum Gasteiger partial charge on any atom is -0.352 e. The maximum atomic E-state index is 12.7. The molecule has 5 nitrogen and oxygen atoms in total. The number of hydrogen-bond donors (Lipinski definition) is 2. The summed E-state index contributed by atoms with van der Waals surface area (Å²) >= 11 is 0. The molecule has 0 saturated carbocycles. The Balaban J connectivity index is 2.26. The Morgan fingerprint density at radius 2 is 1.76 bits per heavy atom. The van der Waals surface area contributed by atoms with Crippen LogP contribution in [0.2, 0.25) is 0 Å². The summed E-state index contributed by atoms with van der Waals surface area (Å²) in [4.78, 5) is 12.2. The second kappa shape index (κ2) is 7.70. The molecule has 0 aromatic heterocycles. The van der Waals surface area contributed by atoms with Gasteiger partial charge in [-0.1, -0.05) is 32.0 Å². The third-order valence-electron chi connectivity index (χ3n) is 3.93. The fourth-order valence-corrected chi connectivity index (χ4v) is 3.44. The molecule has 0 aliphatic rings. The van der Waals surface area contributed by atoms with Gasteiger partial charge in [-0.15, -0.1) is 0 Å². The van der Waals surface area contributed by atoms with Crippen LogP contribution < -0.4 is 10.0 Å². The highest BCUT2D eigenvalue weighted by Gasteiger charge is 2.17. The summed E-state index contributed by atoms with van der Waals surface area (Å²) in [5.74, 6) is 0.0410. The van der Waals surface area contributed by atoms with E-state index >= 15 is 0 Å². The van der Waals surface area contributed by atoms with E-state index in [1.54, 1.807) is 24.3 Å². The van der Waals surface area contributed by atoms with Crippen LogP contribution in [-0.2, 0) is 10.0 Å². The van der Waals surface area contributed by atoms with Crippen LogP contribution >= 0.6 is 0 Å². The molecular formula is C19H24N2O3S. The first-order valence-electron chi connectivity index (χ1n) is 8.18. The van der Waals surface area contributed by atoms with Crippen molar-refractivity contribution < 1.29 is 13.2 Å². The predicted octanol–water partition coefficient (Wildman–Crippen LogP) is 3.49. The van der Waals surface area contributed by atoms with E-state index in [1.807, 2.05) is 33.8 Å². The molecule has 0 aliphatic heterocycles. The second-order valence-electron chi connectivity index (χ2n) is 6.48. The molecule has 2 aromatic carbocycles. The average molecular weight is 360 g/mol. The normalized spacial score (nSPS) is 11.4. The molecule has 6 heteroatoms. The number of benzene rings is 2. The van der Waals surface area contributed by atoms with Crippen LogP contribution in [0.5, 0.6) is 0 Å². The molecule has 0 aliphatic carbocycles. The number of sulfonamides is 1. The monoisotopic (exact) mass is 360 g/mol. The van der Waals surface area contributed by atoms with Crippen molar-refractivity contribution in [3.63, 3.8) is 0 Å². The van der Waals surface area contributed by atoms with Crippen molar-refractivity contribution in [2.24, 2.45) is 5.92 Å². The molecule has 25 heavy (non-hydrogen) atoms. The van der Waals surface area contributed by atoms with Gasteiger partial charge in [-0.3, -0.25) is 9.52 Å². The van der Waals surface area contributed by atoms with Gasteiger partial charge in [0.15, 0.2) is 0 Å². The van der Waals surface area contributed by atoms with E-state index in [1.165, 1.54) is 12.1 Å². The molecule has 0 spiro atoms. The minimum absolute atomic E-state index is 0.0607. The molecule has 0 atom stereocenters. The molecule has 2 N–H and O–H groups in total. The Labute approximate surface area is 149 Å². The van der Waals surface area contributed by atoms with Crippen molar-refractivity contribution in [3.8, 4) is 0 Å². The Bertz CT molecular complexity index is 874. The van der Waals surface area contributed by atoms with Gasteiger partial charge in [0.25, 0.3) is 15.9 Å². The number of amides is 1. The lowest BCUT2D eigenvalue weighted by molar-refractivity contribution is 0.0949. The Kier molecular flexibility index (Phi) is 5.85. The van der Waals surface area contributed by atoms with Crippen molar-refractivity contribution >= 4 is 21.6 Å². The lowest BCUT2D eigenvalue weighted by atomic mass is 10.1. The van der Waals surface area contributed by atoms with Crippen molar-refractivity contribution in [1.82, 2.24) is 5.32 Å². The number of rotatable bonds is 6. The maximum absolute atomic E-state index is 12.7. The molecule has 2 rings (SSSR count). The van der Waals surface area contributed by atoms with Crippen molar-refractivity contribution in [2.45, 2.75) is 32.6 Å². The summed E-state index contributed by atoms with van der Waals surface area (Å²) in [7, 11) is -3.77. The quantitative estimate of drug-likeness (QED) is 0.828. The van der Waals surface area contributed by atoms with E-state index < -0.39 is 10.0 Å². The van der Waals surface area contributed by atoms with Gasteiger partial charge in [-0.05, 0) is 55.2 Å². The number of carbonyl (C=O) groups is 1. The summed E-state index contributed by atoms with van der Waals surface area (Å²) in [5, 5.41) is 2.79. The van der Waals surface area contributed by atoms with Gasteiger partial charge in [0.05, 0.1) is 10.6 Å². The van der Waals surface area contributed by atoms with Crippen LogP contribution in [0.1, 0.15) is 35.3 Å². The van der Waals surface area contributed by atoms with Crippen LogP contribution in [0.25, 0.3) is 0 Å². The van der Waals surface area contributed by atoms with Gasteiger partial charge < -0.3 is 5.32 Å². The molecule has 1 amide bonds. The Hall–Kier alpha value is -2.34. The maximum Gasteiger partial charge on any atom is 0.261 e. The van der Waals surface area contributed by atoms with Crippen LogP contribution in [0.15, 0.2) is 47.4 Å². The van der Waals surface area contributed by atoms with Crippen molar-refractivity contribution in [2.75, 3.05) is 11.3 Å². The number of nitrogens with one attached hydrogen (secondary N) is 2. The van der Waals surface area contributed by atoms with Gasteiger partial charge in [0.2, 0.25) is 0 Å². The predicted molar refractivity (Wildman–Crippen MR) is 100 cm³/mol. The summed E-state index contributed by atoms with van der Waals surface area (Å²) in [5.41, 5.74) is 2.73. The number of hydrogen-bond acceptors (Lipinski definition) is 3. The molecule has 0 saturated heterocycles. The molecule has 0 fully saturated rings. The molecule has 2 aromatic rings. The van der Waals surface area contributed by atoms with Crippen LogP contribution in [-0.4, -0.2) is 20.9 Å². The highest BCUT2D eigenvalue weighted by atomic mass is 32.2. The summed E-state index contributed by atoms with van der Waals surface area (Å²) in [6.45, 7) is 8.32.